The standard InChI is InChI=1S/C30H24BrN5O7S2/c31-21-5-12-26(43-18-28(38)34-22-6-10-25(11-7-22)45(32,40)41)20(14-21)15-27-29(39)36(17-24-2-1-13-42-24)30(44-27)35-33-16-19-3-8-23(37)9-4-19/h1-16,37H,17-18H2,(H,34,38)(H2,32,40,41)/b27-15-,33-16+,35-30-. The molecule has 230 valence electrons. The van der Waals surface area contributed by atoms with Gasteiger partial charge >= 0.3 is 0 Å². The molecule has 1 aliphatic heterocycles. The number of sulfonamides is 1. The predicted octanol–water partition coefficient (Wildman–Crippen LogP) is 4.92. The number of carbonyl (C=O) groups excluding carboxylic acids is 2. The normalized spacial score (nSPS) is 15.3. The number of anilines is 1. The molecule has 0 unspecified atom stereocenters. The van der Waals surface area contributed by atoms with Crippen molar-refractivity contribution in [3.8, 4) is 11.5 Å². The van der Waals surface area contributed by atoms with Gasteiger partial charge in [-0.2, -0.15) is 5.10 Å². The Hall–Kier alpha value is -4.70. The summed E-state index contributed by atoms with van der Waals surface area (Å²) in [6.45, 7) is -0.233. The Morgan fingerprint density at radius 1 is 1.11 bits per heavy atom. The van der Waals surface area contributed by atoms with Crippen LogP contribution in [0.3, 0.4) is 0 Å². The Morgan fingerprint density at radius 2 is 1.87 bits per heavy atom. The molecule has 0 spiro atoms. The number of nitrogens with one attached hydrogen (secondary N) is 1. The van der Waals surface area contributed by atoms with E-state index in [-0.39, 0.29) is 29.7 Å². The van der Waals surface area contributed by atoms with Gasteiger partial charge in [0, 0.05) is 15.7 Å². The lowest BCUT2D eigenvalue weighted by molar-refractivity contribution is -0.122. The van der Waals surface area contributed by atoms with Crippen molar-refractivity contribution in [1.82, 2.24) is 4.90 Å². The molecule has 0 saturated carbocycles. The SMILES string of the molecule is NS(=O)(=O)c1ccc(NC(=O)COc2ccc(Br)cc2/C=C2\S/C(=N\N=C\c3ccc(O)cc3)N(Cc3ccco3)C2=O)cc1. The maximum Gasteiger partial charge on any atom is 0.267 e. The monoisotopic (exact) mass is 709 g/mol. The molecule has 0 aliphatic carbocycles. The third-order valence-corrected chi connectivity index (χ3v) is 8.53. The third kappa shape index (κ3) is 8.48. The molecule has 45 heavy (non-hydrogen) atoms. The lowest BCUT2D eigenvalue weighted by atomic mass is 10.2. The van der Waals surface area contributed by atoms with Gasteiger partial charge in [0.25, 0.3) is 11.8 Å². The number of rotatable bonds is 10. The molecule has 1 aliphatic rings. The van der Waals surface area contributed by atoms with E-state index in [4.69, 9.17) is 14.3 Å². The van der Waals surface area contributed by atoms with Crippen molar-refractivity contribution < 1.29 is 32.3 Å². The van der Waals surface area contributed by atoms with Gasteiger partial charge in [-0.05, 0) is 102 Å². The first-order valence-corrected chi connectivity index (χ1v) is 16.2. The molecule has 4 aromatic rings. The average molecular weight is 711 g/mol. The van der Waals surface area contributed by atoms with Crippen LogP contribution in [0.2, 0.25) is 0 Å². The second kappa shape index (κ2) is 13.9. The Balaban J connectivity index is 1.34. The molecule has 1 fully saturated rings. The van der Waals surface area contributed by atoms with Crippen molar-refractivity contribution in [2.24, 2.45) is 15.3 Å². The lowest BCUT2D eigenvalue weighted by Gasteiger charge is -2.13. The van der Waals surface area contributed by atoms with E-state index in [2.05, 4.69) is 31.4 Å². The smallest absolute Gasteiger partial charge is 0.267 e. The summed E-state index contributed by atoms with van der Waals surface area (Å²) in [7, 11) is -3.86. The minimum atomic E-state index is -3.86. The van der Waals surface area contributed by atoms with Gasteiger partial charge in [-0.1, -0.05) is 15.9 Å². The molecule has 5 rings (SSSR count). The highest BCUT2D eigenvalue weighted by Crippen LogP contribution is 2.36. The number of amides is 2. The fraction of sp³-hybridized carbons (Fsp3) is 0.0667. The highest BCUT2D eigenvalue weighted by molar-refractivity contribution is 9.10. The van der Waals surface area contributed by atoms with Crippen LogP contribution < -0.4 is 15.2 Å². The van der Waals surface area contributed by atoms with Crippen LogP contribution in [0.25, 0.3) is 6.08 Å². The number of primary sulfonamides is 1. The largest absolute Gasteiger partial charge is 0.508 e. The molecular formula is C30H24BrN5O7S2. The number of phenolic OH excluding ortho intramolecular Hbond substituents is 1. The first-order valence-electron chi connectivity index (χ1n) is 13.0. The van der Waals surface area contributed by atoms with Crippen LogP contribution in [-0.4, -0.2) is 48.2 Å². The van der Waals surface area contributed by atoms with Crippen molar-refractivity contribution in [2.45, 2.75) is 11.4 Å². The number of hydrogen-bond acceptors (Lipinski definition) is 10. The Morgan fingerprint density at radius 3 is 2.56 bits per heavy atom. The second-order valence-electron chi connectivity index (χ2n) is 9.39. The van der Waals surface area contributed by atoms with E-state index in [0.29, 0.717) is 38.4 Å². The van der Waals surface area contributed by atoms with Crippen molar-refractivity contribution >= 4 is 72.7 Å². The molecule has 1 saturated heterocycles. The molecular weight excluding hydrogens is 686 g/mol. The van der Waals surface area contributed by atoms with Gasteiger partial charge in [-0.15, -0.1) is 5.10 Å². The number of amidine groups is 1. The molecule has 12 nitrogen and oxygen atoms in total. The maximum absolute atomic E-state index is 13.5. The van der Waals surface area contributed by atoms with E-state index in [1.54, 1.807) is 48.5 Å². The van der Waals surface area contributed by atoms with Crippen molar-refractivity contribution in [3.05, 3.63) is 111 Å². The minimum Gasteiger partial charge on any atom is -0.508 e. The zero-order chi connectivity index (χ0) is 32.0. The van der Waals surface area contributed by atoms with Crippen LogP contribution in [0.5, 0.6) is 11.5 Å². The highest BCUT2D eigenvalue weighted by atomic mass is 79.9. The molecule has 0 atom stereocenters. The number of halogens is 1. The topological polar surface area (TPSA) is 177 Å². The maximum atomic E-state index is 13.5. The molecule has 1 aromatic heterocycles. The molecule has 15 heteroatoms. The van der Waals surface area contributed by atoms with Gasteiger partial charge in [0.15, 0.2) is 11.8 Å². The number of hydrogen-bond donors (Lipinski definition) is 3. The number of nitrogens with zero attached hydrogens (tertiary/aromatic N) is 3. The second-order valence-corrected chi connectivity index (χ2v) is 12.9. The van der Waals surface area contributed by atoms with Crippen LogP contribution in [-0.2, 0) is 26.2 Å². The van der Waals surface area contributed by atoms with Crippen LogP contribution in [0.15, 0.2) is 114 Å². The predicted molar refractivity (Wildman–Crippen MR) is 174 cm³/mol. The summed E-state index contributed by atoms with van der Waals surface area (Å²) in [6.07, 6.45) is 4.66. The van der Waals surface area contributed by atoms with Crippen LogP contribution >= 0.6 is 27.7 Å². The molecule has 3 aromatic carbocycles. The Kier molecular flexibility index (Phi) is 9.83. The fourth-order valence-electron chi connectivity index (χ4n) is 3.96. The first-order chi connectivity index (χ1) is 21.5. The number of thioether (sulfide) groups is 1. The summed E-state index contributed by atoms with van der Waals surface area (Å²) in [4.78, 5) is 27.8. The Labute approximate surface area is 270 Å². The lowest BCUT2D eigenvalue weighted by Crippen LogP contribution is -2.28. The zero-order valence-corrected chi connectivity index (χ0v) is 26.4. The summed E-state index contributed by atoms with van der Waals surface area (Å²) in [6, 6.07) is 20.4. The third-order valence-electron chi connectivity index (χ3n) is 6.11. The summed E-state index contributed by atoms with van der Waals surface area (Å²) in [5, 5.41) is 26.0. The first kappa shape index (κ1) is 31.7. The van der Waals surface area contributed by atoms with Gasteiger partial charge in [-0.3, -0.25) is 14.5 Å². The van der Waals surface area contributed by atoms with Gasteiger partial charge in [0.2, 0.25) is 10.0 Å². The summed E-state index contributed by atoms with van der Waals surface area (Å²) in [5.41, 5.74) is 1.59. The van der Waals surface area contributed by atoms with Crippen molar-refractivity contribution in [3.63, 3.8) is 0 Å². The van der Waals surface area contributed by atoms with E-state index in [1.165, 1.54) is 53.8 Å². The summed E-state index contributed by atoms with van der Waals surface area (Å²) in [5.74, 6) is 0.200. The van der Waals surface area contributed by atoms with Crippen molar-refractivity contribution in [2.75, 3.05) is 11.9 Å². The van der Waals surface area contributed by atoms with E-state index >= 15 is 0 Å². The van der Waals surface area contributed by atoms with Gasteiger partial charge in [0.1, 0.15) is 17.3 Å². The summed E-state index contributed by atoms with van der Waals surface area (Å²) < 4.78 is 34.9. The van der Waals surface area contributed by atoms with Crippen LogP contribution in [0.4, 0.5) is 5.69 Å². The number of furan rings is 1. The van der Waals surface area contributed by atoms with E-state index in [1.807, 2.05) is 0 Å². The number of carbonyl (C=O) groups is 2. The fourth-order valence-corrected chi connectivity index (χ4v) is 5.78. The minimum absolute atomic E-state index is 0.0799. The Bertz CT molecular complexity index is 1910. The van der Waals surface area contributed by atoms with Crippen LogP contribution in [0, 0.1) is 0 Å². The number of benzene rings is 3. The average Bonchev–Trinajstić information content (AvgIpc) is 3.62. The summed E-state index contributed by atoms with van der Waals surface area (Å²) >= 11 is 4.56. The zero-order valence-electron chi connectivity index (χ0n) is 23.2. The van der Waals surface area contributed by atoms with E-state index < -0.39 is 15.9 Å². The number of ether oxygens (including phenoxy) is 1. The highest BCUT2D eigenvalue weighted by Gasteiger charge is 2.34. The molecule has 0 radical (unpaired) electrons. The number of phenols is 1. The molecule has 2 amide bonds. The molecule has 0 bridgehead atoms. The molecule has 4 N–H and O–H groups in total. The van der Waals surface area contributed by atoms with Crippen LogP contribution in [0.1, 0.15) is 16.9 Å². The van der Waals surface area contributed by atoms with Gasteiger partial charge in [0.05, 0.1) is 28.8 Å². The number of nitrogens with two attached hydrogens (primary N) is 1. The number of aromatic hydroxyl groups is 1. The van der Waals surface area contributed by atoms with Gasteiger partial charge in [-0.25, -0.2) is 13.6 Å². The molecule has 2 heterocycles. The van der Waals surface area contributed by atoms with E-state index in [9.17, 15) is 23.1 Å². The van der Waals surface area contributed by atoms with Gasteiger partial charge < -0.3 is 19.6 Å². The van der Waals surface area contributed by atoms with Crippen molar-refractivity contribution in [1.29, 1.82) is 0 Å². The van der Waals surface area contributed by atoms with E-state index in [0.717, 1.165) is 16.2 Å². The quantitative estimate of drug-likeness (QED) is 0.118.